The van der Waals surface area contributed by atoms with Gasteiger partial charge in [0.05, 0.1) is 6.67 Å². The molecule has 2 aliphatic rings. The van der Waals surface area contributed by atoms with Gasteiger partial charge in [-0.2, -0.15) is 0 Å². The van der Waals surface area contributed by atoms with Gasteiger partial charge in [0, 0.05) is 6.54 Å². The van der Waals surface area contributed by atoms with Gasteiger partial charge >= 0.3 is 0 Å². The van der Waals surface area contributed by atoms with Crippen LogP contribution in [0.15, 0.2) is 0 Å². The fraction of sp³-hybridized carbons (Fsp3) is 0.867. The van der Waals surface area contributed by atoms with Gasteiger partial charge in [0.25, 0.3) is 0 Å². The van der Waals surface area contributed by atoms with Gasteiger partial charge in [-0.3, -0.25) is 14.0 Å². The minimum absolute atomic E-state index is 0.00366. The van der Waals surface area contributed by atoms with Crippen LogP contribution in [0.3, 0.4) is 0 Å². The van der Waals surface area contributed by atoms with Crippen LogP contribution in [0.25, 0.3) is 0 Å². The van der Waals surface area contributed by atoms with Crippen molar-refractivity contribution in [2.75, 3.05) is 13.2 Å². The summed E-state index contributed by atoms with van der Waals surface area (Å²) in [5, 5.41) is 3.00. The summed E-state index contributed by atoms with van der Waals surface area (Å²) in [6, 6.07) is -0.457. The van der Waals surface area contributed by atoms with Crippen LogP contribution in [0.2, 0.25) is 0 Å². The molecule has 4 nitrogen and oxygen atoms in total. The Balaban J connectivity index is 2.25. The van der Waals surface area contributed by atoms with E-state index in [1.165, 1.54) is 0 Å². The van der Waals surface area contributed by atoms with Crippen molar-refractivity contribution in [2.45, 2.75) is 64.0 Å². The molecule has 1 heterocycles. The van der Waals surface area contributed by atoms with E-state index in [0.717, 1.165) is 19.3 Å². The van der Waals surface area contributed by atoms with Gasteiger partial charge in [0.15, 0.2) is 0 Å². The number of hydrogen-bond acceptors (Lipinski definition) is 2. The van der Waals surface area contributed by atoms with Crippen molar-refractivity contribution < 1.29 is 14.0 Å². The first kappa shape index (κ1) is 15.3. The zero-order valence-electron chi connectivity index (χ0n) is 12.5. The highest BCUT2D eigenvalue weighted by Crippen LogP contribution is 2.34. The Morgan fingerprint density at radius 2 is 1.95 bits per heavy atom. The first-order valence-corrected chi connectivity index (χ1v) is 7.71. The monoisotopic (exact) mass is 284 g/mol. The average molecular weight is 284 g/mol. The molecular weight excluding hydrogens is 259 g/mol. The zero-order valence-corrected chi connectivity index (χ0v) is 12.5. The van der Waals surface area contributed by atoms with Gasteiger partial charge in [0.1, 0.15) is 11.6 Å². The van der Waals surface area contributed by atoms with E-state index < -0.39 is 18.3 Å². The SMILES string of the molecule is CC(C)C1C(=O)NC2(CCCCC2)C(=O)N1CCCF. The molecule has 1 N–H and O–H groups in total. The highest BCUT2D eigenvalue weighted by atomic mass is 19.1. The van der Waals surface area contributed by atoms with Gasteiger partial charge in [-0.1, -0.05) is 33.1 Å². The number of rotatable bonds is 4. The van der Waals surface area contributed by atoms with Crippen molar-refractivity contribution >= 4 is 11.8 Å². The van der Waals surface area contributed by atoms with Crippen LogP contribution in [0.4, 0.5) is 4.39 Å². The molecule has 114 valence electrons. The molecule has 1 atom stereocenters. The summed E-state index contributed by atoms with van der Waals surface area (Å²) in [4.78, 5) is 26.9. The van der Waals surface area contributed by atoms with Crippen molar-refractivity contribution in [3.05, 3.63) is 0 Å². The molecule has 0 aromatic rings. The lowest BCUT2D eigenvalue weighted by Crippen LogP contribution is -2.71. The van der Waals surface area contributed by atoms with E-state index in [0.29, 0.717) is 25.8 Å². The lowest BCUT2D eigenvalue weighted by molar-refractivity contribution is -0.158. The normalized spacial score (nSPS) is 26.2. The van der Waals surface area contributed by atoms with E-state index in [4.69, 9.17) is 0 Å². The molecule has 1 saturated heterocycles. The lowest BCUT2D eigenvalue weighted by atomic mass is 9.77. The number of nitrogens with zero attached hydrogens (tertiary/aromatic N) is 1. The van der Waals surface area contributed by atoms with Crippen LogP contribution < -0.4 is 5.32 Å². The maximum atomic E-state index is 12.9. The highest BCUT2D eigenvalue weighted by molar-refractivity contribution is 6.00. The van der Waals surface area contributed by atoms with Crippen molar-refractivity contribution in [1.29, 1.82) is 0 Å². The van der Waals surface area contributed by atoms with Crippen LogP contribution >= 0.6 is 0 Å². The molecule has 1 aliphatic heterocycles. The number of nitrogens with one attached hydrogen (secondary N) is 1. The predicted octanol–water partition coefficient (Wildman–Crippen LogP) is 2.03. The average Bonchev–Trinajstić information content (AvgIpc) is 2.41. The van der Waals surface area contributed by atoms with Crippen LogP contribution in [0.1, 0.15) is 52.4 Å². The molecule has 1 unspecified atom stereocenters. The van der Waals surface area contributed by atoms with Crippen molar-refractivity contribution in [2.24, 2.45) is 5.92 Å². The number of piperazine rings is 1. The standard InChI is InChI=1S/C15H25FN2O2/c1-11(2)12-13(19)17-15(7-4-3-5-8-15)14(20)18(12)10-6-9-16/h11-12H,3-10H2,1-2H3,(H,17,19). The topological polar surface area (TPSA) is 49.4 Å². The Labute approximate surface area is 120 Å². The minimum Gasteiger partial charge on any atom is -0.340 e. The number of hydrogen-bond donors (Lipinski definition) is 1. The molecule has 0 aromatic heterocycles. The Morgan fingerprint density at radius 1 is 1.30 bits per heavy atom. The van der Waals surface area contributed by atoms with Gasteiger partial charge in [-0.15, -0.1) is 0 Å². The van der Waals surface area contributed by atoms with E-state index in [1.54, 1.807) is 4.90 Å². The van der Waals surface area contributed by atoms with Crippen molar-refractivity contribution in [3.8, 4) is 0 Å². The van der Waals surface area contributed by atoms with Crippen molar-refractivity contribution in [3.63, 3.8) is 0 Å². The maximum absolute atomic E-state index is 12.9. The summed E-state index contributed by atoms with van der Waals surface area (Å²) < 4.78 is 12.5. The Bertz CT molecular complexity index is 378. The summed E-state index contributed by atoms with van der Waals surface area (Å²) in [5.74, 6) is -0.0243. The largest absolute Gasteiger partial charge is 0.340 e. The molecular formula is C15H25FN2O2. The molecule has 2 rings (SSSR count). The lowest BCUT2D eigenvalue weighted by Gasteiger charge is -2.48. The van der Waals surface area contributed by atoms with Gasteiger partial charge in [0.2, 0.25) is 11.8 Å². The number of halogens is 1. The second kappa shape index (κ2) is 6.10. The van der Waals surface area contributed by atoms with Crippen molar-refractivity contribution in [1.82, 2.24) is 10.2 Å². The van der Waals surface area contributed by atoms with Crippen LogP contribution in [-0.2, 0) is 9.59 Å². The minimum atomic E-state index is -0.711. The third-order valence-corrected chi connectivity index (χ3v) is 4.51. The number of alkyl halides is 1. The summed E-state index contributed by atoms with van der Waals surface area (Å²) >= 11 is 0. The Morgan fingerprint density at radius 3 is 2.50 bits per heavy atom. The molecule has 1 saturated carbocycles. The molecule has 2 amide bonds. The fourth-order valence-electron chi connectivity index (χ4n) is 3.53. The van der Waals surface area contributed by atoms with E-state index in [1.807, 2.05) is 13.8 Å². The fourth-order valence-corrected chi connectivity index (χ4v) is 3.53. The maximum Gasteiger partial charge on any atom is 0.249 e. The van der Waals surface area contributed by atoms with Crippen LogP contribution in [-0.4, -0.2) is 41.5 Å². The van der Waals surface area contributed by atoms with E-state index >= 15 is 0 Å². The summed E-state index contributed by atoms with van der Waals surface area (Å²) in [6.45, 7) is 3.74. The van der Waals surface area contributed by atoms with Crippen LogP contribution in [0, 0.1) is 5.92 Å². The quantitative estimate of drug-likeness (QED) is 0.859. The second-order valence-electron chi connectivity index (χ2n) is 6.36. The number of carbonyl (C=O) groups is 2. The molecule has 1 aliphatic carbocycles. The predicted molar refractivity (Wildman–Crippen MR) is 74.9 cm³/mol. The molecule has 1 spiro atoms. The van der Waals surface area contributed by atoms with E-state index in [-0.39, 0.29) is 17.7 Å². The van der Waals surface area contributed by atoms with Gasteiger partial charge < -0.3 is 10.2 Å². The molecule has 2 fully saturated rings. The third kappa shape index (κ3) is 2.67. The third-order valence-electron chi connectivity index (χ3n) is 4.51. The summed E-state index contributed by atoms with van der Waals surface area (Å²) in [6.07, 6.45) is 4.79. The first-order valence-electron chi connectivity index (χ1n) is 7.71. The second-order valence-corrected chi connectivity index (χ2v) is 6.36. The van der Waals surface area contributed by atoms with Crippen LogP contribution in [0.5, 0.6) is 0 Å². The first-order chi connectivity index (χ1) is 9.52. The molecule has 5 heteroatoms. The summed E-state index contributed by atoms with van der Waals surface area (Å²) in [5.41, 5.74) is -0.711. The van der Waals surface area contributed by atoms with E-state index in [2.05, 4.69) is 5.32 Å². The van der Waals surface area contributed by atoms with Gasteiger partial charge in [-0.25, -0.2) is 0 Å². The summed E-state index contributed by atoms with van der Waals surface area (Å²) in [7, 11) is 0. The molecule has 0 bridgehead atoms. The van der Waals surface area contributed by atoms with E-state index in [9.17, 15) is 14.0 Å². The molecule has 20 heavy (non-hydrogen) atoms. The Kier molecular flexibility index (Phi) is 4.66. The number of amides is 2. The highest BCUT2D eigenvalue weighted by Gasteiger charge is 2.51. The molecule has 0 aromatic carbocycles. The molecule has 0 radical (unpaired) electrons. The zero-order chi connectivity index (χ0) is 14.8. The van der Waals surface area contributed by atoms with Gasteiger partial charge in [-0.05, 0) is 25.2 Å². The smallest absolute Gasteiger partial charge is 0.249 e. The number of carbonyl (C=O) groups excluding carboxylic acids is 2. The Hall–Kier alpha value is -1.13.